The van der Waals surface area contributed by atoms with E-state index in [4.69, 9.17) is 0 Å². The quantitative estimate of drug-likeness (QED) is 0.637. The van der Waals surface area contributed by atoms with Gasteiger partial charge >= 0.3 is 0 Å². The molecule has 1 nitrogen and oxygen atoms in total. The van der Waals surface area contributed by atoms with Crippen molar-refractivity contribution < 1.29 is 4.79 Å². The fourth-order valence-electron chi connectivity index (χ4n) is 3.66. The minimum atomic E-state index is 0.0133. The molecule has 0 heterocycles. The van der Waals surface area contributed by atoms with Crippen LogP contribution in [-0.4, -0.2) is 5.78 Å². The second-order valence-electron chi connectivity index (χ2n) is 5.27. The third kappa shape index (κ3) is 0.908. The predicted octanol–water partition coefficient (Wildman–Crippen LogP) is 3.00. The molecule has 0 aliphatic heterocycles. The highest BCUT2D eigenvalue weighted by molar-refractivity contribution is 5.89. The lowest BCUT2D eigenvalue weighted by atomic mass is 9.66. The molecular weight excluding hydrogens is 160 g/mol. The Kier molecular flexibility index (Phi) is 1.84. The molecule has 2 aliphatic rings. The number of hydrogen-bond acceptors (Lipinski definition) is 1. The van der Waals surface area contributed by atoms with E-state index in [0.29, 0.717) is 11.7 Å². The molecular formula is C12H19O. The number of carbonyl (C=O) groups excluding carboxylic acids is 1. The summed E-state index contributed by atoms with van der Waals surface area (Å²) in [7, 11) is 0. The van der Waals surface area contributed by atoms with Gasteiger partial charge in [-0.1, -0.05) is 27.2 Å². The SMILES string of the molecule is [CH2]CCC12CCC(CC1=O)C2(C)C. The van der Waals surface area contributed by atoms with Crippen LogP contribution in [0.2, 0.25) is 0 Å². The van der Waals surface area contributed by atoms with E-state index in [2.05, 4.69) is 20.8 Å². The maximum absolute atomic E-state index is 11.9. The second-order valence-corrected chi connectivity index (χ2v) is 5.27. The largest absolute Gasteiger partial charge is 0.299 e. The average Bonchev–Trinajstić information content (AvgIpc) is 2.38. The third-order valence-corrected chi connectivity index (χ3v) is 4.74. The van der Waals surface area contributed by atoms with E-state index in [9.17, 15) is 4.79 Å². The summed E-state index contributed by atoms with van der Waals surface area (Å²) in [5.74, 6) is 1.18. The van der Waals surface area contributed by atoms with Crippen molar-refractivity contribution in [2.45, 2.75) is 46.0 Å². The van der Waals surface area contributed by atoms with Gasteiger partial charge in [0.1, 0.15) is 5.78 Å². The molecule has 2 unspecified atom stereocenters. The zero-order valence-electron chi connectivity index (χ0n) is 8.73. The molecule has 0 N–H and O–H groups in total. The van der Waals surface area contributed by atoms with Crippen molar-refractivity contribution in [2.24, 2.45) is 16.7 Å². The van der Waals surface area contributed by atoms with Crippen LogP contribution in [0, 0.1) is 23.7 Å². The molecule has 0 saturated heterocycles. The van der Waals surface area contributed by atoms with E-state index in [0.717, 1.165) is 25.7 Å². The van der Waals surface area contributed by atoms with Crippen molar-refractivity contribution in [3.05, 3.63) is 6.92 Å². The van der Waals surface area contributed by atoms with Crippen molar-refractivity contribution in [1.29, 1.82) is 0 Å². The number of ketones is 1. The van der Waals surface area contributed by atoms with Crippen LogP contribution in [0.3, 0.4) is 0 Å². The molecule has 13 heavy (non-hydrogen) atoms. The first-order valence-corrected chi connectivity index (χ1v) is 5.37. The molecule has 0 aromatic carbocycles. The Morgan fingerprint density at radius 3 is 2.62 bits per heavy atom. The molecule has 0 amide bonds. The normalized spacial score (nSPS) is 41.5. The molecule has 2 saturated carbocycles. The third-order valence-electron chi connectivity index (χ3n) is 4.74. The van der Waals surface area contributed by atoms with Crippen molar-refractivity contribution in [1.82, 2.24) is 0 Å². The van der Waals surface area contributed by atoms with Crippen molar-refractivity contribution in [2.75, 3.05) is 0 Å². The van der Waals surface area contributed by atoms with Crippen molar-refractivity contribution >= 4 is 5.78 Å². The van der Waals surface area contributed by atoms with Crippen LogP contribution in [0.5, 0.6) is 0 Å². The number of rotatable bonds is 2. The molecule has 73 valence electrons. The van der Waals surface area contributed by atoms with Gasteiger partial charge in [0.2, 0.25) is 0 Å². The fourth-order valence-corrected chi connectivity index (χ4v) is 3.66. The van der Waals surface area contributed by atoms with E-state index in [1.807, 2.05) is 0 Å². The van der Waals surface area contributed by atoms with Crippen LogP contribution in [-0.2, 0) is 4.79 Å². The Morgan fingerprint density at radius 2 is 2.23 bits per heavy atom. The number of fused-ring (bicyclic) bond motifs is 2. The van der Waals surface area contributed by atoms with Crippen LogP contribution in [0.25, 0.3) is 0 Å². The molecule has 2 bridgehead atoms. The predicted molar refractivity (Wildman–Crippen MR) is 53.2 cm³/mol. The summed E-state index contributed by atoms with van der Waals surface area (Å²) in [6.45, 7) is 8.47. The van der Waals surface area contributed by atoms with Gasteiger partial charge in [-0.2, -0.15) is 0 Å². The first kappa shape index (κ1) is 9.23. The summed E-state index contributed by atoms with van der Waals surface area (Å²) in [5.41, 5.74) is 0.265. The summed E-state index contributed by atoms with van der Waals surface area (Å²) in [5, 5.41) is 0. The molecule has 2 fully saturated rings. The topological polar surface area (TPSA) is 17.1 Å². The lowest BCUT2D eigenvalue weighted by Gasteiger charge is -2.36. The highest BCUT2D eigenvalue weighted by Gasteiger charge is 2.63. The zero-order valence-corrected chi connectivity index (χ0v) is 8.73. The maximum Gasteiger partial charge on any atom is 0.139 e. The summed E-state index contributed by atoms with van der Waals surface area (Å²) in [6, 6.07) is 0. The summed E-state index contributed by atoms with van der Waals surface area (Å²) in [6.07, 6.45) is 5.14. The molecule has 2 rings (SSSR count). The molecule has 1 radical (unpaired) electrons. The van der Waals surface area contributed by atoms with E-state index in [1.165, 1.54) is 6.42 Å². The highest BCUT2D eigenvalue weighted by Crippen LogP contribution is 2.65. The lowest BCUT2D eigenvalue weighted by Crippen LogP contribution is -2.35. The van der Waals surface area contributed by atoms with Gasteiger partial charge in [-0.25, -0.2) is 0 Å². The smallest absolute Gasteiger partial charge is 0.139 e. The molecule has 0 aromatic rings. The number of hydrogen-bond donors (Lipinski definition) is 0. The van der Waals surface area contributed by atoms with Crippen LogP contribution in [0.15, 0.2) is 0 Å². The Bertz CT molecular complexity index is 242. The Hall–Kier alpha value is -0.330. The Morgan fingerprint density at radius 1 is 1.54 bits per heavy atom. The Labute approximate surface area is 80.9 Å². The minimum absolute atomic E-state index is 0.0133. The molecule has 2 atom stereocenters. The number of Topliss-reactive ketones (excluding diaryl/α,β-unsaturated/α-hetero) is 1. The van der Waals surface area contributed by atoms with E-state index < -0.39 is 0 Å². The lowest BCUT2D eigenvalue weighted by molar-refractivity contribution is -0.129. The highest BCUT2D eigenvalue weighted by atomic mass is 16.1. The molecule has 0 spiro atoms. The van der Waals surface area contributed by atoms with Gasteiger partial charge in [0.15, 0.2) is 0 Å². The fraction of sp³-hybridized carbons (Fsp3) is 0.833. The van der Waals surface area contributed by atoms with E-state index >= 15 is 0 Å². The van der Waals surface area contributed by atoms with Crippen LogP contribution in [0.1, 0.15) is 46.0 Å². The van der Waals surface area contributed by atoms with Gasteiger partial charge in [-0.3, -0.25) is 4.79 Å². The van der Waals surface area contributed by atoms with Gasteiger partial charge in [0, 0.05) is 11.8 Å². The van der Waals surface area contributed by atoms with Crippen LogP contribution < -0.4 is 0 Å². The summed E-state index contributed by atoms with van der Waals surface area (Å²) < 4.78 is 0. The Balaban J connectivity index is 2.37. The zero-order chi connectivity index (χ0) is 9.69. The maximum atomic E-state index is 11.9. The summed E-state index contributed by atoms with van der Waals surface area (Å²) >= 11 is 0. The molecule has 1 heteroatoms. The van der Waals surface area contributed by atoms with E-state index in [1.54, 1.807) is 0 Å². The van der Waals surface area contributed by atoms with Gasteiger partial charge in [0.25, 0.3) is 0 Å². The molecule has 2 aliphatic carbocycles. The van der Waals surface area contributed by atoms with Gasteiger partial charge in [-0.05, 0) is 30.6 Å². The number of carbonyl (C=O) groups is 1. The van der Waals surface area contributed by atoms with Crippen molar-refractivity contribution in [3.8, 4) is 0 Å². The first-order chi connectivity index (χ1) is 6.04. The summed E-state index contributed by atoms with van der Waals surface area (Å²) in [4.78, 5) is 11.9. The minimum Gasteiger partial charge on any atom is -0.299 e. The molecule has 0 aromatic heterocycles. The van der Waals surface area contributed by atoms with E-state index in [-0.39, 0.29) is 10.8 Å². The van der Waals surface area contributed by atoms with Gasteiger partial charge < -0.3 is 0 Å². The second kappa shape index (κ2) is 2.59. The van der Waals surface area contributed by atoms with Crippen LogP contribution in [0.4, 0.5) is 0 Å². The van der Waals surface area contributed by atoms with Gasteiger partial charge in [0.05, 0.1) is 0 Å². The van der Waals surface area contributed by atoms with Crippen molar-refractivity contribution in [3.63, 3.8) is 0 Å². The standard InChI is InChI=1S/C12H19O/c1-4-6-12-7-5-9(8-10(12)13)11(12,2)3/h9H,1,4-8H2,2-3H3. The van der Waals surface area contributed by atoms with Crippen LogP contribution >= 0.6 is 0 Å². The van der Waals surface area contributed by atoms with Gasteiger partial charge in [-0.15, -0.1) is 0 Å². The monoisotopic (exact) mass is 179 g/mol. The first-order valence-electron chi connectivity index (χ1n) is 5.37. The average molecular weight is 179 g/mol.